The van der Waals surface area contributed by atoms with Crippen LogP contribution in [0.4, 0.5) is 9.18 Å². The minimum Gasteiger partial charge on any atom is -0.445 e. The van der Waals surface area contributed by atoms with Gasteiger partial charge in [0.15, 0.2) is 0 Å². The van der Waals surface area contributed by atoms with E-state index in [0.717, 1.165) is 18.7 Å². The van der Waals surface area contributed by atoms with Gasteiger partial charge in [-0.2, -0.15) is 0 Å². The summed E-state index contributed by atoms with van der Waals surface area (Å²) in [6.07, 6.45) is 2.93. The molecule has 1 amide bonds. The highest BCUT2D eigenvalue weighted by atomic mass is 19.1. The number of alkyl halides is 1. The van der Waals surface area contributed by atoms with Gasteiger partial charge in [0.25, 0.3) is 0 Å². The molecule has 22 heavy (non-hydrogen) atoms. The van der Waals surface area contributed by atoms with E-state index in [4.69, 9.17) is 4.74 Å². The number of hydrogen-bond acceptors (Lipinski definition) is 3. The molecule has 2 aliphatic rings. The van der Waals surface area contributed by atoms with Gasteiger partial charge >= 0.3 is 6.09 Å². The molecule has 1 heterocycles. The van der Waals surface area contributed by atoms with Crippen molar-refractivity contribution in [1.82, 2.24) is 10.2 Å². The van der Waals surface area contributed by atoms with Crippen LogP contribution in [0.1, 0.15) is 31.2 Å². The normalized spacial score (nSPS) is 21.3. The first-order valence-electron chi connectivity index (χ1n) is 8.02. The van der Waals surface area contributed by atoms with Gasteiger partial charge in [0, 0.05) is 19.1 Å². The van der Waals surface area contributed by atoms with E-state index in [-0.39, 0.29) is 13.2 Å². The van der Waals surface area contributed by atoms with E-state index in [9.17, 15) is 9.18 Å². The number of amides is 1. The molecule has 1 aromatic rings. The maximum absolute atomic E-state index is 14.7. The van der Waals surface area contributed by atoms with Gasteiger partial charge in [-0.1, -0.05) is 30.3 Å². The van der Waals surface area contributed by atoms with Gasteiger partial charge < -0.3 is 15.0 Å². The number of rotatable bonds is 5. The Morgan fingerprint density at radius 3 is 2.59 bits per heavy atom. The lowest BCUT2D eigenvalue weighted by molar-refractivity contribution is 0.0517. The molecule has 0 aromatic heterocycles. The van der Waals surface area contributed by atoms with Gasteiger partial charge in [-0.15, -0.1) is 0 Å². The Balaban J connectivity index is 1.37. The molecule has 5 heteroatoms. The monoisotopic (exact) mass is 306 g/mol. The van der Waals surface area contributed by atoms with E-state index < -0.39 is 11.8 Å². The average Bonchev–Trinajstić information content (AvgIpc) is 3.38. The fourth-order valence-electron chi connectivity index (χ4n) is 2.91. The third-order valence-corrected chi connectivity index (χ3v) is 4.52. The number of halogens is 1. The lowest BCUT2D eigenvalue weighted by Crippen LogP contribution is -2.48. The number of nitrogens with one attached hydrogen (secondary N) is 1. The molecule has 1 aromatic carbocycles. The Labute approximate surface area is 130 Å². The number of carbonyl (C=O) groups is 1. The predicted molar refractivity (Wildman–Crippen MR) is 82.3 cm³/mol. The van der Waals surface area contributed by atoms with Crippen molar-refractivity contribution in [2.75, 3.05) is 19.6 Å². The van der Waals surface area contributed by atoms with Crippen molar-refractivity contribution in [2.45, 2.75) is 44.0 Å². The van der Waals surface area contributed by atoms with Crippen molar-refractivity contribution < 1.29 is 13.9 Å². The Morgan fingerprint density at radius 2 is 1.95 bits per heavy atom. The van der Waals surface area contributed by atoms with Gasteiger partial charge in [0.05, 0.1) is 6.54 Å². The van der Waals surface area contributed by atoms with Crippen LogP contribution in [0.5, 0.6) is 0 Å². The molecule has 120 valence electrons. The minimum absolute atomic E-state index is 0.0408. The number of hydrogen-bond donors (Lipinski definition) is 1. The summed E-state index contributed by atoms with van der Waals surface area (Å²) in [7, 11) is 0. The number of likely N-dealkylation sites (tertiary alicyclic amines) is 1. The molecular formula is C17H23FN2O2. The van der Waals surface area contributed by atoms with Crippen molar-refractivity contribution in [1.29, 1.82) is 0 Å². The standard InChI is InChI=1S/C17H23FN2O2/c18-17(8-10-20(11-9-17)15-6-7-15)13-19-16(21)22-12-14-4-2-1-3-5-14/h1-5,15H,6-13H2,(H,19,21). The summed E-state index contributed by atoms with van der Waals surface area (Å²) in [5.41, 5.74) is -0.373. The summed E-state index contributed by atoms with van der Waals surface area (Å²) in [5, 5.41) is 2.57. The molecule has 2 fully saturated rings. The molecule has 0 bridgehead atoms. The summed E-state index contributed by atoms with van der Waals surface area (Å²) in [5.74, 6) is 0. The van der Waals surface area contributed by atoms with Crippen LogP contribution in [0.15, 0.2) is 30.3 Å². The summed E-state index contributed by atoms with van der Waals surface area (Å²) in [6, 6.07) is 10.1. The summed E-state index contributed by atoms with van der Waals surface area (Å²) in [4.78, 5) is 14.0. The largest absolute Gasteiger partial charge is 0.445 e. The van der Waals surface area contributed by atoms with Crippen molar-refractivity contribution in [2.24, 2.45) is 0 Å². The molecule has 0 unspecified atom stereocenters. The predicted octanol–water partition coefficient (Wildman–Crippen LogP) is 2.88. The van der Waals surface area contributed by atoms with E-state index in [0.29, 0.717) is 18.9 Å². The Kier molecular flexibility index (Phi) is 4.62. The first kappa shape index (κ1) is 15.3. The molecule has 0 radical (unpaired) electrons. The second-order valence-corrected chi connectivity index (χ2v) is 6.33. The van der Waals surface area contributed by atoms with Crippen LogP contribution in [-0.2, 0) is 11.3 Å². The molecule has 1 aliphatic heterocycles. The fraction of sp³-hybridized carbons (Fsp3) is 0.588. The second-order valence-electron chi connectivity index (χ2n) is 6.33. The van der Waals surface area contributed by atoms with Gasteiger partial charge in [-0.25, -0.2) is 9.18 Å². The van der Waals surface area contributed by atoms with E-state index in [1.807, 2.05) is 30.3 Å². The molecule has 1 N–H and O–H groups in total. The number of ether oxygens (including phenoxy) is 1. The van der Waals surface area contributed by atoms with Crippen LogP contribution in [0.25, 0.3) is 0 Å². The molecule has 0 atom stereocenters. The lowest BCUT2D eigenvalue weighted by atomic mass is 9.93. The molecule has 1 aliphatic carbocycles. The van der Waals surface area contributed by atoms with E-state index >= 15 is 0 Å². The van der Waals surface area contributed by atoms with Gasteiger partial charge in [0.2, 0.25) is 0 Å². The quantitative estimate of drug-likeness (QED) is 0.909. The Hall–Kier alpha value is -1.62. The first-order valence-corrected chi connectivity index (χ1v) is 8.02. The van der Waals surface area contributed by atoms with Gasteiger partial charge in [0.1, 0.15) is 12.3 Å². The summed E-state index contributed by atoms with van der Waals surface area (Å²) in [6.45, 7) is 1.84. The van der Waals surface area contributed by atoms with Gasteiger partial charge in [-0.3, -0.25) is 0 Å². The first-order chi connectivity index (χ1) is 10.6. The van der Waals surface area contributed by atoms with Crippen LogP contribution in [0, 0.1) is 0 Å². The Bertz CT molecular complexity index is 497. The highest BCUT2D eigenvalue weighted by Gasteiger charge is 2.39. The van der Waals surface area contributed by atoms with Crippen molar-refractivity contribution in [3.63, 3.8) is 0 Å². The number of alkyl carbamates (subject to hydrolysis) is 1. The van der Waals surface area contributed by atoms with Crippen molar-refractivity contribution in [3.05, 3.63) is 35.9 Å². The number of carbonyl (C=O) groups excluding carboxylic acids is 1. The van der Waals surface area contributed by atoms with Crippen LogP contribution in [-0.4, -0.2) is 42.3 Å². The zero-order valence-electron chi connectivity index (χ0n) is 12.8. The molecule has 4 nitrogen and oxygen atoms in total. The van der Waals surface area contributed by atoms with E-state index in [2.05, 4.69) is 10.2 Å². The topological polar surface area (TPSA) is 41.6 Å². The maximum atomic E-state index is 14.7. The molecule has 1 saturated heterocycles. The van der Waals surface area contributed by atoms with E-state index in [1.54, 1.807) is 0 Å². The van der Waals surface area contributed by atoms with Crippen molar-refractivity contribution >= 4 is 6.09 Å². The lowest BCUT2D eigenvalue weighted by Gasteiger charge is -2.36. The van der Waals surface area contributed by atoms with Crippen LogP contribution >= 0.6 is 0 Å². The zero-order valence-corrected chi connectivity index (χ0v) is 12.8. The third kappa shape index (κ3) is 4.19. The van der Waals surface area contributed by atoms with E-state index in [1.165, 1.54) is 12.8 Å². The molecule has 1 saturated carbocycles. The molecule has 0 spiro atoms. The van der Waals surface area contributed by atoms with Crippen LogP contribution in [0.2, 0.25) is 0 Å². The maximum Gasteiger partial charge on any atom is 0.407 e. The van der Waals surface area contributed by atoms with Crippen LogP contribution in [0.3, 0.4) is 0 Å². The summed E-state index contributed by atoms with van der Waals surface area (Å²) < 4.78 is 19.8. The molecule has 3 rings (SSSR count). The Morgan fingerprint density at radius 1 is 1.27 bits per heavy atom. The minimum atomic E-state index is -1.29. The highest BCUT2D eigenvalue weighted by molar-refractivity contribution is 5.67. The summed E-state index contributed by atoms with van der Waals surface area (Å²) >= 11 is 0. The van der Waals surface area contributed by atoms with Crippen LogP contribution < -0.4 is 5.32 Å². The smallest absolute Gasteiger partial charge is 0.407 e. The number of benzene rings is 1. The zero-order chi connectivity index (χ0) is 15.4. The SMILES string of the molecule is O=C(NCC1(F)CCN(C2CC2)CC1)OCc1ccccc1. The van der Waals surface area contributed by atoms with Crippen molar-refractivity contribution in [3.8, 4) is 0 Å². The number of nitrogens with zero attached hydrogens (tertiary/aromatic N) is 1. The fourth-order valence-corrected chi connectivity index (χ4v) is 2.91. The average molecular weight is 306 g/mol. The molecular weight excluding hydrogens is 283 g/mol. The highest BCUT2D eigenvalue weighted by Crippen LogP contribution is 2.33. The second kappa shape index (κ2) is 6.65. The van der Waals surface area contributed by atoms with Gasteiger partial charge in [-0.05, 0) is 31.2 Å². The number of piperidine rings is 1. The third-order valence-electron chi connectivity index (χ3n) is 4.52.